The molecule has 0 saturated carbocycles. The molecule has 0 radical (unpaired) electrons. The van der Waals surface area contributed by atoms with E-state index in [1.54, 1.807) is 29.5 Å². The Labute approximate surface area is 140 Å². The van der Waals surface area contributed by atoms with Gasteiger partial charge in [-0.1, -0.05) is 0 Å². The van der Waals surface area contributed by atoms with Gasteiger partial charge in [-0.25, -0.2) is 9.37 Å². The molecule has 2 aromatic heterocycles. The monoisotopic (exact) mass is 345 g/mol. The van der Waals surface area contributed by atoms with Gasteiger partial charge in [0.05, 0.1) is 6.20 Å². The summed E-state index contributed by atoms with van der Waals surface area (Å²) in [6.07, 6.45) is 3.44. The molecule has 24 heavy (non-hydrogen) atoms. The van der Waals surface area contributed by atoms with E-state index in [1.807, 2.05) is 0 Å². The number of aryl methyl sites for hydroxylation is 1. The van der Waals surface area contributed by atoms with Crippen LogP contribution in [-0.4, -0.2) is 26.6 Å². The number of carbonyl (C=O) groups excluding carboxylic acids is 2. The molecule has 2 N–H and O–H groups in total. The van der Waals surface area contributed by atoms with Crippen LogP contribution >= 0.6 is 11.3 Å². The van der Waals surface area contributed by atoms with Gasteiger partial charge in [-0.2, -0.15) is 5.10 Å². The van der Waals surface area contributed by atoms with E-state index >= 15 is 0 Å². The predicted octanol–water partition coefficient (Wildman–Crippen LogP) is 1.76. The molecule has 3 rings (SSSR count). The first-order valence-electron chi connectivity index (χ1n) is 6.84. The Bertz CT molecular complexity index is 887. The van der Waals surface area contributed by atoms with Gasteiger partial charge in [0.25, 0.3) is 11.8 Å². The molecule has 1 aromatic carbocycles. The van der Waals surface area contributed by atoms with Crippen LogP contribution in [0.4, 0.5) is 4.39 Å². The van der Waals surface area contributed by atoms with E-state index in [0.29, 0.717) is 5.01 Å². The minimum Gasteiger partial charge on any atom is -0.275 e. The van der Waals surface area contributed by atoms with Crippen LogP contribution in [0.15, 0.2) is 42.0 Å². The molecule has 2 amide bonds. The summed E-state index contributed by atoms with van der Waals surface area (Å²) in [6, 6.07) is 4.97. The zero-order valence-corrected chi connectivity index (χ0v) is 13.3. The minimum atomic E-state index is -0.550. The van der Waals surface area contributed by atoms with Crippen LogP contribution in [0.3, 0.4) is 0 Å². The zero-order valence-electron chi connectivity index (χ0n) is 12.5. The molecule has 0 fully saturated rings. The number of nitrogens with one attached hydrogen (secondary N) is 2. The van der Waals surface area contributed by atoms with Crippen molar-refractivity contribution in [3.05, 3.63) is 59.1 Å². The number of carbonyl (C=O) groups is 2. The number of hydrazine groups is 1. The number of amides is 2. The summed E-state index contributed by atoms with van der Waals surface area (Å²) in [5.74, 6) is -1.54. The molecular weight excluding hydrogens is 333 g/mol. The SMILES string of the molecule is Cn1cc(-c2nc(C(=O)NNC(=O)c3ccc(F)cc3)cs2)cn1. The molecule has 0 unspecified atom stereocenters. The Morgan fingerprint density at radius 2 is 1.88 bits per heavy atom. The van der Waals surface area contributed by atoms with Crippen molar-refractivity contribution in [3.8, 4) is 10.6 Å². The Morgan fingerprint density at radius 1 is 1.17 bits per heavy atom. The topological polar surface area (TPSA) is 88.9 Å². The molecule has 9 heteroatoms. The second-order valence-corrected chi connectivity index (χ2v) is 5.71. The molecule has 0 aliphatic carbocycles. The van der Waals surface area contributed by atoms with E-state index in [-0.39, 0.29) is 11.3 Å². The van der Waals surface area contributed by atoms with Crippen LogP contribution in [0.1, 0.15) is 20.8 Å². The quantitative estimate of drug-likeness (QED) is 0.708. The molecule has 0 saturated heterocycles. The third-order valence-corrected chi connectivity index (χ3v) is 3.98. The van der Waals surface area contributed by atoms with Crippen LogP contribution in [0, 0.1) is 5.82 Å². The van der Waals surface area contributed by atoms with Crippen LogP contribution in [0.5, 0.6) is 0 Å². The standard InChI is InChI=1S/C15H12FN5O2S/c1-21-7-10(6-17-21)15-18-12(8-24-15)14(23)20-19-13(22)9-2-4-11(16)5-3-9/h2-8H,1H3,(H,19,22)(H,20,23). The molecule has 122 valence electrons. The summed E-state index contributed by atoms with van der Waals surface area (Å²) in [5, 5.41) is 6.28. The lowest BCUT2D eigenvalue weighted by Crippen LogP contribution is -2.41. The van der Waals surface area contributed by atoms with Gasteiger partial charge in [0.2, 0.25) is 0 Å². The fourth-order valence-corrected chi connectivity index (χ4v) is 2.67. The summed E-state index contributed by atoms with van der Waals surface area (Å²) < 4.78 is 14.5. The van der Waals surface area contributed by atoms with E-state index in [1.165, 1.54) is 23.5 Å². The van der Waals surface area contributed by atoms with Gasteiger partial charge in [-0.3, -0.25) is 25.1 Å². The van der Waals surface area contributed by atoms with Crippen molar-refractivity contribution >= 4 is 23.2 Å². The maximum Gasteiger partial charge on any atom is 0.289 e. The van der Waals surface area contributed by atoms with Crippen molar-refractivity contribution in [3.63, 3.8) is 0 Å². The Morgan fingerprint density at radius 3 is 2.54 bits per heavy atom. The van der Waals surface area contributed by atoms with E-state index in [2.05, 4.69) is 20.9 Å². The third-order valence-electron chi connectivity index (χ3n) is 3.08. The number of nitrogens with zero attached hydrogens (tertiary/aromatic N) is 3. The number of hydrogen-bond donors (Lipinski definition) is 2. The number of halogens is 1. The van der Waals surface area contributed by atoms with Crippen molar-refractivity contribution in [2.24, 2.45) is 7.05 Å². The molecule has 0 aliphatic rings. The van der Waals surface area contributed by atoms with Crippen molar-refractivity contribution in [1.29, 1.82) is 0 Å². The number of thiazole rings is 1. The molecule has 0 spiro atoms. The fraction of sp³-hybridized carbons (Fsp3) is 0.0667. The van der Waals surface area contributed by atoms with Gasteiger partial charge in [-0.05, 0) is 24.3 Å². The predicted molar refractivity (Wildman–Crippen MR) is 85.6 cm³/mol. The largest absolute Gasteiger partial charge is 0.289 e. The van der Waals surface area contributed by atoms with Crippen LogP contribution in [0.2, 0.25) is 0 Å². The normalized spacial score (nSPS) is 10.4. The maximum atomic E-state index is 12.8. The summed E-state index contributed by atoms with van der Waals surface area (Å²) in [6.45, 7) is 0. The molecule has 0 aliphatic heterocycles. The van der Waals surface area contributed by atoms with E-state index < -0.39 is 17.6 Å². The lowest BCUT2D eigenvalue weighted by atomic mass is 10.2. The average molecular weight is 345 g/mol. The van der Waals surface area contributed by atoms with Crippen molar-refractivity contribution in [1.82, 2.24) is 25.6 Å². The van der Waals surface area contributed by atoms with Gasteiger partial charge < -0.3 is 0 Å². The maximum absolute atomic E-state index is 12.8. The van der Waals surface area contributed by atoms with Gasteiger partial charge in [0.1, 0.15) is 16.5 Å². The number of aromatic nitrogens is 3. The highest BCUT2D eigenvalue weighted by Crippen LogP contribution is 2.22. The first kappa shape index (κ1) is 15.8. The molecule has 0 atom stereocenters. The summed E-state index contributed by atoms with van der Waals surface area (Å²) >= 11 is 1.30. The van der Waals surface area contributed by atoms with E-state index in [4.69, 9.17) is 0 Å². The number of rotatable bonds is 3. The van der Waals surface area contributed by atoms with Gasteiger partial charge in [0.15, 0.2) is 0 Å². The molecule has 3 aromatic rings. The highest BCUT2D eigenvalue weighted by atomic mass is 32.1. The number of hydrogen-bond acceptors (Lipinski definition) is 5. The second-order valence-electron chi connectivity index (χ2n) is 4.86. The lowest BCUT2D eigenvalue weighted by Gasteiger charge is -2.05. The van der Waals surface area contributed by atoms with Crippen LogP contribution in [-0.2, 0) is 7.05 Å². The van der Waals surface area contributed by atoms with E-state index in [9.17, 15) is 14.0 Å². The van der Waals surface area contributed by atoms with Crippen molar-refractivity contribution < 1.29 is 14.0 Å². The van der Waals surface area contributed by atoms with Gasteiger partial charge in [-0.15, -0.1) is 11.3 Å². The first-order chi connectivity index (χ1) is 11.5. The Hall–Kier alpha value is -3.07. The summed E-state index contributed by atoms with van der Waals surface area (Å²) in [5.41, 5.74) is 5.74. The number of benzene rings is 1. The Balaban J connectivity index is 1.62. The zero-order chi connectivity index (χ0) is 17.1. The fourth-order valence-electron chi connectivity index (χ4n) is 1.89. The summed E-state index contributed by atoms with van der Waals surface area (Å²) in [7, 11) is 1.79. The Kier molecular flexibility index (Phi) is 4.34. The van der Waals surface area contributed by atoms with Crippen LogP contribution in [0.25, 0.3) is 10.6 Å². The van der Waals surface area contributed by atoms with Gasteiger partial charge in [0, 0.05) is 29.8 Å². The molecular formula is C15H12FN5O2S. The highest BCUT2D eigenvalue weighted by Gasteiger charge is 2.14. The summed E-state index contributed by atoms with van der Waals surface area (Å²) in [4.78, 5) is 28.1. The van der Waals surface area contributed by atoms with E-state index in [0.717, 1.165) is 17.7 Å². The minimum absolute atomic E-state index is 0.179. The molecule has 2 heterocycles. The second kappa shape index (κ2) is 6.59. The molecule has 0 bridgehead atoms. The first-order valence-corrected chi connectivity index (χ1v) is 7.71. The van der Waals surface area contributed by atoms with Crippen LogP contribution < -0.4 is 10.9 Å². The van der Waals surface area contributed by atoms with Crippen molar-refractivity contribution in [2.45, 2.75) is 0 Å². The molecule has 7 nitrogen and oxygen atoms in total. The average Bonchev–Trinajstić information content (AvgIpc) is 3.22. The lowest BCUT2D eigenvalue weighted by molar-refractivity contribution is 0.0844. The van der Waals surface area contributed by atoms with Crippen molar-refractivity contribution in [2.75, 3.05) is 0 Å². The van der Waals surface area contributed by atoms with Gasteiger partial charge >= 0.3 is 0 Å². The third kappa shape index (κ3) is 3.46. The smallest absolute Gasteiger partial charge is 0.275 e. The highest BCUT2D eigenvalue weighted by molar-refractivity contribution is 7.13.